The van der Waals surface area contributed by atoms with Gasteiger partial charge < -0.3 is 5.11 Å². The highest BCUT2D eigenvalue weighted by atomic mass is 16.3. The lowest BCUT2D eigenvalue weighted by atomic mass is 9.91. The largest absolute Gasteiger partial charge is 0.382 e. The molecule has 0 rings (SSSR count). The Hall–Kier alpha value is -0.700. The molecule has 0 saturated carbocycles. The van der Waals surface area contributed by atoms with Crippen LogP contribution >= 0.6 is 0 Å². The van der Waals surface area contributed by atoms with E-state index in [-0.39, 0.29) is 18.0 Å². The Morgan fingerprint density at radius 2 is 1.82 bits per heavy atom. The number of hydrogen-bond acceptors (Lipinski definition) is 3. The summed E-state index contributed by atoms with van der Waals surface area (Å²) in [4.78, 5) is 21.4. The highest BCUT2D eigenvalue weighted by Crippen LogP contribution is 2.16. The minimum Gasteiger partial charge on any atom is -0.382 e. The zero-order chi connectivity index (χ0) is 9.07. The maximum atomic E-state index is 10.8. The summed E-state index contributed by atoms with van der Waals surface area (Å²) in [6.45, 7) is 4.35. The molecule has 0 aromatic heterocycles. The van der Waals surface area contributed by atoms with Crippen LogP contribution in [0.4, 0.5) is 0 Å². The number of rotatable bonds is 4. The average Bonchev–Trinajstić information content (AvgIpc) is 1.86. The molecule has 3 nitrogen and oxygen atoms in total. The van der Waals surface area contributed by atoms with Gasteiger partial charge in [0, 0.05) is 6.42 Å². The van der Waals surface area contributed by atoms with Gasteiger partial charge in [0.2, 0.25) is 0 Å². The summed E-state index contributed by atoms with van der Waals surface area (Å²) in [5.74, 6) is -0.500. The maximum Gasteiger partial charge on any atom is 0.161 e. The molecule has 0 bridgehead atoms. The Labute approximate surface area is 66.4 Å². The minimum atomic E-state index is -1.42. The minimum absolute atomic E-state index is 0.0706. The molecule has 0 amide bonds. The van der Waals surface area contributed by atoms with Crippen LogP contribution in [0.15, 0.2) is 0 Å². The summed E-state index contributed by atoms with van der Waals surface area (Å²) in [7, 11) is 0. The standard InChI is InChI=1S/C8H14O3/c1-4-8(11,7(3)10)5-6(2)9/h11H,4-5H2,1-3H3/t8-/m0/s1. The Balaban J connectivity index is 4.34. The van der Waals surface area contributed by atoms with Crippen LogP contribution < -0.4 is 0 Å². The van der Waals surface area contributed by atoms with Gasteiger partial charge in [-0.1, -0.05) is 6.92 Å². The zero-order valence-corrected chi connectivity index (χ0v) is 7.18. The number of Topliss-reactive ketones (excluding diaryl/α,β-unsaturated/α-hetero) is 2. The predicted octanol–water partition coefficient (Wildman–Crippen LogP) is 0.696. The first-order valence-corrected chi connectivity index (χ1v) is 3.65. The van der Waals surface area contributed by atoms with Crippen LogP contribution in [0.1, 0.15) is 33.6 Å². The van der Waals surface area contributed by atoms with Crippen LogP contribution in [0.2, 0.25) is 0 Å². The quantitative estimate of drug-likeness (QED) is 0.655. The first-order valence-electron chi connectivity index (χ1n) is 3.65. The lowest BCUT2D eigenvalue weighted by Crippen LogP contribution is -2.37. The van der Waals surface area contributed by atoms with Crippen molar-refractivity contribution in [2.45, 2.75) is 39.2 Å². The molecule has 0 aliphatic heterocycles. The van der Waals surface area contributed by atoms with E-state index in [4.69, 9.17) is 0 Å². The third kappa shape index (κ3) is 2.80. The fourth-order valence-corrected chi connectivity index (χ4v) is 0.910. The van der Waals surface area contributed by atoms with Gasteiger partial charge in [-0.25, -0.2) is 0 Å². The molecule has 11 heavy (non-hydrogen) atoms. The zero-order valence-electron chi connectivity index (χ0n) is 7.18. The molecular formula is C8H14O3. The van der Waals surface area contributed by atoms with Crippen molar-refractivity contribution < 1.29 is 14.7 Å². The molecule has 0 heterocycles. The number of ketones is 2. The molecule has 0 saturated heterocycles. The normalized spacial score (nSPS) is 15.6. The van der Waals surface area contributed by atoms with Crippen molar-refractivity contribution in [2.75, 3.05) is 0 Å². The third-order valence-electron chi connectivity index (χ3n) is 1.78. The molecule has 1 atom stereocenters. The fraction of sp³-hybridized carbons (Fsp3) is 0.750. The molecule has 0 aromatic carbocycles. The number of hydrogen-bond donors (Lipinski definition) is 1. The highest BCUT2D eigenvalue weighted by molar-refractivity contribution is 5.90. The second-order valence-corrected chi connectivity index (χ2v) is 2.82. The van der Waals surface area contributed by atoms with Crippen LogP contribution in [0.25, 0.3) is 0 Å². The molecular weight excluding hydrogens is 144 g/mol. The van der Waals surface area contributed by atoms with Gasteiger partial charge in [-0.3, -0.25) is 9.59 Å². The van der Waals surface area contributed by atoms with Crippen molar-refractivity contribution in [3.8, 4) is 0 Å². The smallest absolute Gasteiger partial charge is 0.161 e. The molecule has 0 aliphatic rings. The fourth-order valence-electron chi connectivity index (χ4n) is 0.910. The van der Waals surface area contributed by atoms with E-state index in [1.807, 2.05) is 0 Å². The number of carbonyl (C=O) groups is 2. The van der Waals surface area contributed by atoms with Crippen molar-refractivity contribution in [1.29, 1.82) is 0 Å². The molecule has 0 aromatic rings. The van der Waals surface area contributed by atoms with Gasteiger partial charge in [0.15, 0.2) is 5.78 Å². The van der Waals surface area contributed by atoms with Gasteiger partial charge in [-0.2, -0.15) is 0 Å². The lowest BCUT2D eigenvalue weighted by molar-refractivity contribution is -0.140. The van der Waals surface area contributed by atoms with Crippen LogP contribution in [-0.4, -0.2) is 22.3 Å². The number of aliphatic hydroxyl groups is 1. The van der Waals surface area contributed by atoms with Gasteiger partial charge in [0.25, 0.3) is 0 Å². The van der Waals surface area contributed by atoms with Gasteiger partial charge in [0.1, 0.15) is 11.4 Å². The van der Waals surface area contributed by atoms with Crippen LogP contribution in [0, 0.1) is 0 Å². The average molecular weight is 158 g/mol. The molecule has 0 aliphatic carbocycles. The van der Waals surface area contributed by atoms with E-state index < -0.39 is 5.60 Å². The molecule has 0 fully saturated rings. The van der Waals surface area contributed by atoms with Gasteiger partial charge >= 0.3 is 0 Å². The van der Waals surface area contributed by atoms with E-state index in [0.29, 0.717) is 6.42 Å². The third-order valence-corrected chi connectivity index (χ3v) is 1.78. The molecule has 1 N–H and O–H groups in total. The summed E-state index contributed by atoms with van der Waals surface area (Å²) < 4.78 is 0. The van der Waals surface area contributed by atoms with Crippen molar-refractivity contribution in [1.82, 2.24) is 0 Å². The SMILES string of the molecule is CC[C@](O)(CC(C)=O)C(C)=O. The highest BCUT2D eigenvalue weighted by Gasteiger charge is 2.31. The molecule has 64 valence electrons. The van der Waals surface area contributed by atoms with Gasteiger partial charge in [0.05, 0.1) is 0 Å². The van der Waals surface area contributed by atoms with Gasteiger partial charge in [-0.15, -0.1) is 0 Å². The Kier molecular flexibility index (Phi) is 3.39. The number of carbonyl (C=O) groups excluding carboxylic acids is 2. The van der Waals surface area contributed by atoms with Crippen molar-refractivity contribution in [3.63, 3.8) is 0 Å². The summed E-state index contributed by atoms with van der Waals surface area (Å²) in [5.41, 5.74) is -1.42. The molecule has 0 spiro atoms. The first-order chi connectivity index (χ1) is 4.92. The second-order valence-electron chi connectivity index (χ2n) is 2.82. The predicted molar refractivity (Wildman–Crippen MR) is 41.2 cm³/mol. The topological polar surface area (TPSA) is 54.4 Å². The van der Waals surface area contributed by atoms with E-state index in [1.54, 1.807) is 6.92 Å². The van der Waals surface area contributed by atoms with E-state index in [0.717, 1.165) is 0 Å². The van der Waals surface area contributed by atoms with E-state index in [1.165, 1.54) is 13.8 Å². The Morgan fingerprint density at radius 3 is 1.91 bits per heavy atom. The van der Waals surface area contributed by atoms with Crippen molar-refractivity contribution >= 4 is 11.6 Å². The van der Waals surface area contributed by atoms with E-state index >= 15 is 0 Å². The Morgan fingerprint density at radius 1 is 1.36 bits per heavy atom. The molecule has 0 radical (unpaired) electrons. The van der Waals surface area contributed by atoms with Crippen LogP contribution in [-0.2, 0) is 9.59 Å². The van der Waals surface area contributed by atoms with Crippen LogP contribution in [0.5, 0.6) is 0 Å². The monoisotopic (exact) mass is 158 g/mol. The summed E-state index contributed by atoms with van der Waals surface area (Å²) in [6, 6.07) is 0. The van der Waals surface area contributed by atoms with E-state index in [9.17, 15) is 14.7 Å². The van der Waals surface area contributed by atoms with Gasteiger partial charge in [-0.05, 0) is 20.3 Å². The molecule has 0 unspecified atom stereocenters. The Bertz CT molecular complexity index is 174. The lowest BCUT2D eigenvalue weighted by Gasteiger charge is -2.21. The van der Waals surface area contributed by atoms with E-state index in [2.05, 4.69) is 0 Å². The first kappa shape index (κ1) is 10.3. The summed E-state index contributed by atoms with van der Waals surface area (Å²) in [5, 5.41) is 9.50. The maximum absolute atomic E-state index is 10.8. The second kappa shape index (κ2) is 3.62. The summed E-state index contributed by atoms with van der Waals surface area (Å²) >= 11 is 0. The van der Waals surface area contributed by atoms with Crippen LogP contribution in [0.3, 0.4) is 0 Å². The summed E-state index contributed by atoms with van der Waals surface area (Å²) in [6.07, 6.45) is 0.223. The molecule has 3 heteroatoms. The van der Waals surface area contributed by atoms with Crippen molar-refractivity contribution in [2.24, 2.45) is 0 Å². The van der Waals surface area contributed by atoms with Crippen molar-refractivity contribution in [3.05, 3.63) is 0 Å².